The SMILES string of the molecule is c1ccc2c(c1)ccc1c3cc4oc5ccccc5c4cc3c3cccnc3c21. The minimum Gasteiger partial charge on any atom is -0.456 e. The lowest BCUT2D eigenvalue weighted by atomic mass is 9.92. The van der Waals surface area contributed by atoms with Gasteiger partial charge >= 0.3 is 0 Å². The van der Waals surface area contributed by atoms with Crippen LogP contribution in [0, 0.1) is 0 Å². The summed E-state index contributed by atoms with van der Waals surface area (Å²) in [7, 11) is 0. The normalized spacial score (nSPS) is 12.1. The molecular formula is C27H15NO. The van der Waals surface area contributed by atoms with Crippen LogP contribution >= 0.6 is 0 Å². The fourth-order valence-electron chi connectivity index (χ4n) is 4.79. The Morgan fingerprint density at radius 1 is 0.517 bits per heavy atom. The summed E-state index contributed by atoms with van der Waals surface area (Å²) in [4.78, 5) is 4.82. The van der Waals surface area contributed by atoms with Gasteiger partial charge < -0.3 is 4.42 Å². The number of para-hydroxylation sites is 1. The second kappa shape index (κ2) is 5.33. The van der Waals surface area contributed by atoms with E-state index in [-0.39, 0.29) is 0 Å². The Kier molecular flexibility index (Phi) is 2.77. The summed E-state index contributed by atoms with van der Waals surface area (Å²) in [6, 6.07) is 29.9. The highest BCUT2D eigenvalue weighted by atomic mass is 16.3. The van der Waals surface area contributed by atoms with Crippen molar-refractivity contribution in [2.75, 3.05) is 0 Å². The van der Waals surface area contributed by atoms with E-state index in [1.165, 1.54) is 37.7 Å². The molecule has 0 amide bonds. The summed E-state index contributed by atoms with van der Waals surface area (Å²) >= 11 is 0. The first-order chi connectivity index (χ1) is 14.4. The first-order valence-electron chi connectivity index (χ1n) is 9.82. The monoisotopic (exact) mass is 369 g/mol. The van der Waals surface area contributed by atoms with E-state index in [0.29, 0.717) is 0 Å². The summed E-state index contributed by atoms with van der Waals surface area (Å²) in [5, 5.41) is 10.8. The van der Waals surface area contributed by atoms with Gasteiger partial charge in [-0.05, 0) is 51.2 Å². The van der Waals surface area contributed by atoms with E-state index in [9.17, 15) is 0 Å². The molecule has 0 unspecified atom stereocenters. The van der Waals surface area contributed by atoms with Crippen molar-refractivity contribution in [1.82, 2.24) is 4.98 Å². The molecule has 2 heterocycles. The van der Waals surface area contributed by atoms with Crippen molar-refractivity contribution < 1.29 is 4.42 Å². The Labute approximate surface area is 166 Å². The highest BCUT2D eigenvalue weighted by molar-refractivity contribution is 6.32. The van der Waals surface area contributed by atoms with Gasteiger partial charge in [0.05, 0.1) is 5.52 Å². The molecule has 0 aliphatic rings. The van der Waals surface area contributed by atoms with E-state index in [2.05, 4.69) is 66.7 Å². The third-order valence-electron chi connectivity index (χ3n) is 6.07. The molecule has 0 radical (unpaired) electrons. The summed E-state index contributed by atoms with van der Waals surface area (Å²) in [5.74, 6) is 0. The number of fused-ring (bicyclic) bond motifs is 11. The van der Waals surface area contributed by atoms with E-state index in [4.69, 9.17) is 9.40 Å². The Morgan fingerprint density at radius 2 is 1.31 bits per heavy atom. The molecule has 0 saturated heterocycles. The molecular weight excluding hydrogens is 354 g/mol. The Hall–Kier alpha value is -3.91. The average Bonchev–Trinajstić information content (AvgIpc) is 3.15. The second-order valence-corrected chi connectivity index (χ2v) is 7.60. The molecule has 2 nitrogen and oxygen atoms in total. The third kappa shape index (κ3) is 1.93. The van der Waals surface area contributed by atoms with E-state index < -0.39 is 0 Å². The quantitative estimate of drug-likeness (QED) is 0.257. The lowest BCUT2D eigenvalue weighted by molar-refractivity contribution is 0.669. The number of aromatic nitrogens is 1. The molecule has 7 rings (SSSR count). The Balaban J connectivity index is 1.82. The van der Waals surface area contributed by atoms with Gasteiger partial charge in [0.25, 0.3) is 0 Å². The van der Waals surface area contributed by atoms with Gasteiger partial charge in [0, 0.05) is 27.7 Å². The Bertz CT molecular complexity index is 1760. The van der Waals surface area contributed by atoms with E-state index in [1.807, 2.05) is 24.4 Å². The number of nitrogens with zero attached hydrogens (tertiary/aromatic N) is 1. The van der Waals surface area contributed by atoms with Gasteiger partial charge in [-0.25, -0.2) is 0 Å². The number of rotatable bonds is 0. The van der Waals surface area contributed by atoms with Crippen molar-refractivity contribution >= 4 is 65.2 Å². The zero-order chi connectivity index (χ0) is 18.9. The molecule has 2 heteroatoms. The lowest BCUT2D eigenvalue weighted by Crippen LogP contribution is -1.87. The maximum Gasteiger partial charge on any atom is 0.136 e. The zero-order valence-corrected chi connectivity index (χ0v) is 15.5. The van der Waals surface area contributed by atoms with Crippen LogP contribution in [0.2, 0.25) is 0 Å². The topological polar surface area (TPSA) is 26.0 Å². The fourth-order valence-corrected chi connectivity index (χ4v) is 4.79. The van der Waals surface area contributed by atoms with Gasteiger partial charge in [0.1, 0.15) is 11.2 Å². The summed E-state index contributed by atoms with van der Waals surface area (Å²) in [6.07, 6.45) is 1.89. The van der Waals surface area contributed by atoms with Crippen molar-refractivity contribution in [3.63, 3.8) is 0 Å². The zero-order valence-electron chi connectivity index (χ0n) is 15.5. The van der Waals surface area contributed by atoms with Gasteiger partial charge in [-0.15, -0.1) is 0 Å². The van der Waals surface area contributed by atoms with Crippen LogP contribution < -0.4 is 0 Å². The van der Waals surface area contributed by atoms with Crippen LogP contribution in [-0.4, -0.2) is 4.98 Å². The van der Waals surface area contributed by atoms with Crippen molar-refractivity contribution in [2.24, 2.45) is 0 Å². The van der Waals surface area contributed by atoms with Crippen molar-refractivity contribution in [3.8, 4) is 0 Å². The molecule has 0 aliphatic heterocycles. The van der Waals surface area contributed by atoms with Gasteiger partial charge in [-0.3, -0.25) is 4.98 Å². The third-order valence-corrected chi connectivity index (χ3v) is 6.07. The molecule has 5 aromatic carbocycles. The molecule has 0 aliphatic carbocycles. The summed E-state index contributed by atoms with van der Waals surface area (Å²) < 4.78 is 6.19. The van der Waals surface area contributed by atoms with E-state index in [0.717, 1.165) is 27.5 Å². The molecule has 0 fully saturated rings. The van der Waals surface area contributed by atoms with Gasteiger partial charge in [-0.1, -0.05) is 60.7 Å². The number of pyridine rings is 1. The number of hydrogen-bond acceptors (Lipinski definition) is 2. The Morgan fingerprint density at radius 3 is 2.28 bits per heavy atom. The highest BCUT2D eigenvalue weighted by Crippen LogP contribution is 2.41. The van der Waals surface area contributed by atoms with Gasteiger partial charge in [0.15, 0.2) is 0 Å². The van der Waals surface area contributed by atoms with Crippen LogP contribution in [0.5, 0.6) is 0 Å². The minimum absolute atomic E-state index is 0.926. The van der Waals surface area contributed by atoms with Crippen LogP contribution in [0.1, 0.15) is 0 Å². The smallest absolute Gasteiger partial charge is 0.136 e. The molecule has 0 saturated carbocycles. The minimum atomic E-state index is 0.926. The highest BCUT2D eigenvalue weighted by Gasteiger charge is 2.15. The van der Waals surface area contributed by atoms with E-state index >= 15 is 0 Å². The molecule has 7 aromatic rings. The van der Waals surface area contributed by atoms with Crippen LogP contribution in [0.15, 0.2) is 95.5 Å². The van der Waals surface area contributed by atoms with Gasteiger partial charge in [-0.2, -0.15) is 0 Å². The first kappa shape index (κ1) is 15.1. The predicted molar refractivity (Wildman–Crippen MR) is 122 cm³/mol. The molecule has 0 atom stereocenters. The number of benzene rings is 5. The molecule has 0 bridgehead atoms. The predicted octanol–water partition coefficient (Wildman–Crippen LogP) is 7.59. The second-order valence-electron chi connectivity index (χ2n) is 7.60. The summed E-state index contributed by atoms with van der Waals surface area (Å²) in [5.41, 5.74) is 2.91. The standard InChI is InChI=1S/C27H15NO/c1-2-7-17-16(6-1)11-12-19-22-15-25-23(18-8-3-4-10-24(18)29-25)14-21(22)20-9-5-13-28-27(20)26(17)19/h1-15H. The number of furan rings is 1. The van der Waals surface area contributed by atoms with Crippen LogP contribution in [0.3, 0.4) is 0 Å². The maximum absolute atomic E-state index is 6.19. The van der Waals surface area contributed by atoms with Crippen molar-refractivity contribution in [1.29, 1.82) is 0 Å². The number of hydrogen-bond donors (Lipinski definition) is 0. The average molecular weight is 369 g/mol. The lowest BCUT2D eigenvalue weighted by Gasteiger charge is -2.12. The fraction of sp³-hybridized carbons (Fsp3) is 0. The maximum atomic E-state index is 6.19. The molecule has 0 spiro atoms. The van der Waals surface area contributed by atoms with E-state index in [1.54, 1.807) is 0 Å². The van der Waals surface area contributed by atoms with Gasteiger partial charge in [0.2, 0.25) is 0 Å². The summed E-state index contributed by atoms with van der Waals surface area (Å²) in [6.45, 7) is 0. The van der Waals surface area contributed by atoms with Crippen molar-refractivity contribution in [2.45, 2.75) is 0 Å². The largest absolute Gasteiger partial charge is 0.456 e. The molecule has 134 valence electrons. The van der Waals surface area contributed by atoms with Crippen LogP contribution in [0.4, 0.5) is 0 Å². The molecule has 0 N–H and O–H groups in total. The molecule has 2 aromatic heterocycles. The van der Waals surface area contributed by atoms with Crippen molar-refractivity contribution in [3.05, 3.63) is 91.1 Å². The molecule has 29 heavy (non-hydrogen) atoms. The first-order valence-corrected chi connectivity index (χ1v) is 9.82. The van der Waals surface area contributed by atoms with Crippen LogP contribution in [-0.2, 0) is 0 Å². The van der Waals surface area contributed by atoms with Crippen LogP contribution in [0.25, 0.3) is 65.2 Å².